The molecule has 2 aliphatic rings. The highest BCUT2D eigenvalue weighted by Gasteiger charge is 2.50. The Hall–Kier alpha value is -2.96. The van der Waals surface area contributed by atoms with Crippen molar-refractivity contribution in [1.29, 1.82) is 5.26 Å². The molecule has 9 heteroatoms. The third-order valence-electron chi connectivity index (χ3n) is 5.54. The predicted octanol–water partition coefficient (Wildman–Crippen LogP) is 2.88. The second kappa shape index (κ2) is 8.05. The number of carbonyl (C=O) groups excluding carboxylic acids is 1. The molecule has 1 aromatic heterocycles. The molecule has 2 aromatic rings. The maximum Gasteiger partial charge on any atom is 0.274 e. The molecule has 4 rings (SSSR count). The zero-order valence-electron chi connectivity index (χ0n) is 16.3. The van der Waals surface area contributed by atoms with Gasteiger partial charge in [-0.1, -0.05) is 18.7 Å². The lowest BCUT2D eigenvalue weighted by atomic mass is 9.72. The third kappa shape index (κ3) is 3.64. The zero-order chi connectivity index (χ0) is 21.3. The van der Waals surface area contributed by atoms with Crippen LogP contribution < -0.4 is 11.1 Å². The molecule has 0 bridgehead atoms. The van der Waals surface area contributed by atoms with E-state index >= 15 is 0 Å². The minimum Gasteiger partial charge on any atom is -0.379 e. The molecule has 1 aromatic carbocycles. The number of nitrogens with one attached hydrogen (secondary N) is 1. The summed E-state index contributed by atoms with van der Waals surface area (Å²) in [5.74, 6) is 0.0930. The van der Waals surface area contributed by atoms with E-state index in [9.17, 15) is 9.18 Å². The fraction of sp³-hybridized carbons (Fsp3) is 0.333. The van der Waals surface area contributed by atoms with Crippen LogP contribution in [-0.4, -0.2) is 35.0 Å². The average Bonchev–Trinajstić information content (AvgIpc) is 2.75. The van der Waals surface area contributed by atoms with Crippen LogP contribution in [0.25, 0.3) is 0 Å². The molecular weight excluding hydrogens is 405 g/mol. The number of hydrogen-bond acceptors (Lipinski definition) is 7. The number of halogens is 1. The number of nitrogens with zero attached hydrogens (tertiary/aromatic N) is 3. The van der Waals surface area contributed by atoms with Gasteiger partial charge in [-0.25, -0.2) is 14.4 Å². The maximum atomic E-state index is 15.0. The quantitative estimate of drug-likeness (QED) is 0.782. The Kier molecular flexibility index (Phi) is 5.45. The Bertz CT molecular complexity index is 1050. The fourth-order valence-electron chi connectivity index (χ4n) is 3.98. The number of benzene rings is 1. The number of fused-ring (bicyclic) bond motifs is 1. The molecule has 1 saturated heterocycles. The molecule has 1 amide bonds. The highest BCUT2D eigenvalue weighted by molar-refractivity contribution is 8.13. The lowest BCUT2D eigenvalue weighted by Crippen LogP contribution is -2.51. The highest BCUT2D eigenvalue weighted by atomic mass is 32.2. The minimum absolute atomic E-state index is 0.0594. The molecule has 7 nitrogen and oxygen atoms in total. The molecular formula is C21H20FN5O2S. The molecule has 0 unspecified atom stereocenters. The van der Waals surface area contributed by atoms with E-state index in [2.05, 4.69) is 22.2 Å². The summed E-state index contributed by atoms with van der Waals surface area (Å²) < 4.78 is 20.8. The summed E-state index contributed by atoms with van der Waals surface area (Å²) in [4.78, 5) is 21.2. The van der Waals surface area contributed by atoms with Gasteiger partial charge in [0.05, 0.1) is 12.2 Å². The molecule has 0 radical (unpaired) electrons. The van der Waals surface area contributed by atoms with Crippen molar-refractivity contribution in [2.45, 2.75) is 12.5 Å². The molecule has 3 N–H and O–H groups in total. The van der Waals surface area contributed by atoms with Crippen LogP contribution in [0.1, 0.15) is 28.5 Å². The lowest BCUT2D eigenvalue weighted by molar-refractivity contribution is -0.0339. The highest BCUT2D eigenvalue weighted by Crippen LogP contribution is 2.47. The average molecular weight is 425 g/mol. The third-order valence-corrected chi connectivity index (χ3v) is 6.45. The lowest BCUT2D eigenvalue weighted by Gasteiger charge is -2.47. The molecule has 0 saturated carbocycles. The molecule has 1 fully saturated rings. The normalized spacial score (nSPS) is 25.6. The summed E-state index contributed by atoms with van der Waals surface area (Å²) in [5.41, 5.74) is 6.37. The number of nitriles is 1. The van der Waals surface area contributed by atoms with E-state index in [0.29, 0.717) is 28.6 Å². The summed E-state index contributed by atoms with van der Waals surface area (Å²) in [6.45, 7) is 2.88. The van der Waals surface area contributed by atoms with Crippen molar-refractivity contribution >= 4 is 28.5 Å². The zero-order valence-corrected chi connectivity index (χ0v) is 17.1. The van der Waals surface area contributed by atoms with Crippen LogP contribution in [0.5, 0.6) is 0 Å². The van der Waals surface area contributed by atoms with Gasteiger partial charge in [-0.05, 0) is 36.2 Å². The van der Waals surface area contributed by atoms with Crippen molar-refractivity contribution in [3.63, 3.8) is 0 Å². The summed E-state index contributed by atoms with van der Waals surface area (Å²) in [5, 5.41) is 12.0. The number of aliphatic imine (C=N–C) groups is 1. The largest absolute Gasteiger partial charge is 0.379 e. The monoisotopic (exact) mass is 425 g/mol. The second-order valence-electron chi connectivity index (χ2n) is 7.48. The van der Waals surface area contributed by atoms with Gasteiger partial charge in [-0.2, -0.15) is 5.26 Å². The summed E-state index contributed by atoms with van der Waals surface area (Å²) in [7, 11) is 0. The number of hydrogen-bond donors (Lipinski definition) is 2. The fourth-order valence-corrected chi connectivity index (χ4v) is 5.16. The number of amides is 1. The van der Waals surface area contributed by atoms with Crippen molar-refractivity contribution < 1.29 is 13.9 Å². The number of aromatic nitrogens is 1. The Morgan fingerprint density at radius 1 is 1.43 bits per heavy atom. The number of ether oxygens (including phenoxy) is 1. The van der Waals surface area contributed by atoms with Gasteiger partial charge >= 0.3 is 0 Å². The van der Waals surface area contributed by atoms with Crippen LogP contribution in [0.3, 0.4) is 0 Å². The van der Waals surface area contributed by atoms with Gasteiger partial charge in [-0.15, -0.1) is 0 Å². The van der Waals surface area contributed by atoms with Gasteiger partial charge in [-0.3, -0.25) is 4.79 Å². The molecule has 2 aliphatic heterocycles. The number of pyridine rings is 1. The SMILES string of the molecule is C[C@H]1COC[C@]2(c3cc(NC(=O)c4ccc(C#N)cn4)ccc3F)N=C(N)SC[C@H]12. The van der Waals surface area contributed by atoms with Gasteiger partial charge in [0.15, 0.2) is 5.17 Å². The van der Waals surface area contributed by atoms with Crippen LogP contribution in [0.15, 0.2) is 41.5 Å². The smallest absolute Gasteiger partial charge is 0.274 e. The second-order valence-corrected chi connectivity index (χ2v) is 8.52. The van der Waals surface area contributed by atoms with Gasteiger partial charge in [0, 0.05) is 35.7 Å². The topological polar surface area (TPSA) is 113 Å². The molecule has 3 heterocycles. The number of nitrogens with two attached hydrogens (primary N) is 1. The number of carbonyl (C=O) groups is 1. The van der Waals surface area contributed by atoms with Gasteiger partial charge < -0.3 is 15.8 Å². The number of anilines is 1. The van der Waals surface area contributed by atoms with Gasteiger partial charge in [0.1, 0.15) is 23.1 Å². The van der Waals surface area contributed by atoms with Crippen LogP contribution in [0, 0.1) is 29.0 Å². The van der Waals surface area contributed by atoms with Crippen molar-refractivity contribution in [2.75, 3.05) is 24.3 Å². The van der Waals surface area contributed by atoms with E-state index in [4.69, 9.17) is 15.7 Å². The van der Waals surface area contributed by atoms with E-state index in [-0.39, 0.29) is 24.1 Å². The van der Waals surface area contributed by atoms with Crippen molar-refractivity contribution in [1.82, 2.24) is 4.98 Å². The molecule has 30 heavy (non-hydrogen) atoms. The van der Waals surface area contributed by atoms with Crippen LogP contribution in [-0.2, 0) is 10.3 Å². The molecule has 0 spiro atoms. The summed E-state index contributed by atoms with van der Waals surface area (Å²) >= 11 is 1.47. The van der Waals surface area contributed by atoms with Crippen LogP contribution in [0.2, 0.25) is 0 Å². The van der Waals surface area contributed by atoms with E-state index < -0.39 is 17.3 Å². The molecule has 0 aliphatic carbocycles. The number of rotatable bonds is 3. The van der Waals surface area contributed by atoms with E-state index in [1.807, 2.05) is 6.07 Å². The Balaban J connectivity index is 1.68. The number of thioether (sulfide) groups is 1. The maximum absolute atomic E-state index is 15.0. The predicted molar refractivity (Wildman–Crippen MR) is 113 cm³/mol. The first-order chi connectivity index (χ1) is 14.4. The van der Waals surface area contributed by atoms with Crippen LogP contribution >= 0.6 is 11.8 Å². The molecule has 3 atom stereocenters. The van der Waals surface area contributed by atoms with Crippen molar-refractivity contribution in [3.8, 4) is 6.07 Å². The first-order valence-electron chi connectivity index (χ1n) is 9.46. The summed E-state index contributed by atoms with van der Waals surface area (Å²) in [6.07, 6.45) is 1.33. The minimum atomic E-state index is -0.926. The Morgan fingerprint density at radius 2 is 2.27 bits per heavy atom. The number of amidine groups is 1. The van der Waals surface area contributed by atoms with E-state index in [0.717, 1.165) is 5.75 Å². The van der Waals surface area contributed by atoms with Gasteiger partial charge in [0.25, 0.3) is 5.91 Å². The van der Waals surface area contributed by atoms with Crippen LogP contribution in [0.4, 0.5) is 10.1 Å². The standard InChI is InChI=1S/C21H20FN5O2S/c1-12-9-29-11-21(16(12)10-30-20(24)27-21)15-6-14(3-4-17(15)22)26-19(28)18-5-2-13(7-23)8-25-18/h2-6,8,12,16H,9-11H2,1H3,(H2,24,27)(H,26,28)/t12-,16+,21+/m0/s1. The molecule has 154 valence electrons. The van der Waals surface area contributed by atoms with Gasteiger partial charge in [0.2, 0.25) is 0 Å². The first kappa shape index (κ1) is 20.3. The Morgan fingerprint density at radius 3 is 3.00 bits per heavy atom. The van der Waals surface area contributed by atoms with Crippen molar-refractivity contribution in [3.05, 3.63) is 59.2 Å². The first-order valence-corrected chi connectivity index (χ1v) is 10.4. The van der Waals surface area contributed by atoms with E-state index in [1.54, 1.807) is 6.07 Å². The van der Waals surface area contributed by atoms with E-state index in [1.165, 1.54) is 42.2 Å². The Labute approximate surface area is 177 Å². The summed E-state index contributed by atoms with van der Waals surface area (Å²) in [6, 6.07) is 9.33. The van der Waals surface area contributed by atoms with Crippen molar-refractivity contribution in [2.24, 2.45) is 22.6 Å².